The molecule has 3 amide bonds. The van der Waals surface area contributed by atoms with E-state index in [1.54, 1.807) is 14.2 Å². The number of hydrogen-bond donors (Lipinski definition) is 5. The third-order valence-electron chi connectivity index (χ3n) is 13.2. The quantitative estimate of drug-likeness (QED) is 0.0439. The summed E-state index contributed by atoms with van der Waals surface area (Å²) in [7, 11) is 5.35. The highest BCUT2D eigenvalue weighted by atomic mass is 16.5. The Hall–Kier alpha value is -4.62. The monoisotopic (exact) mass is 906 g/mol. The number of amides is 3. The number of benzene rings is 4. The topological polar surface area (TPSA) is 147 Å². The van der Waals surface area contributed by atoms with Crippen molar-refractivity contribution >= 4 is 11.9 Å². The standard InChI is InChI=1S/C28H40N2O3.C27H39N3O3/c1-29-21-26(19-22-11-5-3-6-12-22)30-28(31)25-16-9-15-24(20-25)27(33-18-10-17-32-2)23-13-7-4-8-14-23;1-33-18-9-8-16-27(32,23-13-6-3-7-14-23)24-15-10-17-30(21-24)26(31)29-25(20-28)19-22-11-4-2-5-12-22/h4,7-9,13-16,20,22,26-27,29H,3,5-6,10-12,17-19,21H2,1-2H3,(H,30,31);2-7,11-14,24-25,32H,8-10,15-21,28H2,1H3,(H,29,31). The lowest BCUT2D eigenvalue weighted by Gasteiger charge is -2.43. The van der Waals surface area contributed by atoms with Crippen molar-refractivity contribution in [2.45, 2.75) is 107 Å². The van der Waals surface area contributed by atoms with E-state index < -0.39 is 5.60 Å². The molecule has 11 heteroatoms. The number of nitrogens with one attached hydrogen (secondary N) is 3. The molecule has 0 spiro atoms. The van der Waals surface area contributed by atoms with Gasteiger partial charge in [-0.15, -0.1) is 0 Å². The number of rotatable bonds is 24. The summed E-state index contributed by atoms with van der Waals surface area (Å²) in [5, 5.41) is 21.6. The molecule has 1 saturated heterocycles. The van der Waals surface area contributed by atoms with Crippen molar-refractivity contribution in [3.8, 4) is 0 Å². The van der Waals surface area contributed by atoms with Gasteiger partial charge >= 0.3 is 6.03 Å². The molecule has 1 aliphatic heterocycles. The van der Waals surface area contributed by atoms with Gasteiger partial charge in [-0.25, -0.2) is 4.79 Å². The van der Waals surface area contributed by atoms with Gasteiger partial charge in [0.1, 0.15) is 6.10 Å². The number of nitrogens with two attached hydrogens (primary N) is 1. The Bertz CT molecular complexity index is 1930. The van der Waals surface area contributed by atoms with Crippen molar-refractivity contribution in [3.05, 3.63) is 143 Å². The minimum Gasteiger partial charge on any atom is -0.385 e. The second-order valence-corrected chi connectivity index (χ2v) is 18.2. The van der Waals surface area contributed by atoms with Gasteiger partial charge in [-0.2, -0.15) is 0 Å². The van der Waals surface area contributed by atoms with Crippen molar-refractivity contribution in [1.29, 1.82) is 0 Å². The van der Waals surface area contributed by atoms with E-state index in [4.69, 9.17) is 19.9 Å². The van der Waals surface area contributed by atoms with E-state index in [1.807, 2.05) is 103 Å². The number of hydrogen-bond acceptors (Lipinski definition) is 8. The number of unbranched alkanes of at least 4 members (excludes halogenated alkanes) is 1. The number of urea groups is 1. The van der Waals surface area contributed by atoms with Crippen LogP contribution in [0.2, 0.25) is 0 Å². The average molecular weight is 906 g/mol. The number of carbonyl (C=O) groups is 2. The molecular formula is C55H79N5O6. The van der Waals surface area contributed by atoms with Crippen LogP contribution in [0.5, 0.6) is 0 Å². The van der Waals surface area contributed by atoms with Crippen LogP contribution in [-0.2, 0) is 26.2 Å². The summed E-state index contributed by atoms with van der Waals surface area (Å²) in [5.74, 6) is 0.679. The molecule has 1 heterocycles. The van der Waals surface area contributed by atoms with Crippen LogP contribution in [0.1, 0.15) is 116 Å². The number of methoxy groups -OCH3 is 2. The maximum Gasteiger partial charge on any atom is 0.317 e. The molecule has 6 rings (SSSR count). The van der Waals surface area contributed by atoms with Crippen LogP contribution in [-0.4, -0.2) is 101 Å². The normalized spacial score (nSPS) is 17.7. The van der Waals surface area contributed by atoms with Crippen LogP contribution in [0.25, 0.3) is 0 Å². The number of aliphatic hydroxyl groups is 1. The third-order valence-corrected chi connectivity index (χ3v) is 13.2. The van der Waals surface area contributed by atoms with Gasteiger partial charge in [0, 0.05) is 77.2 Å². The lowest BCUT2D eigenvalue weighted by Crippen LogP contribution is -2.54. The largest absolute Gasteiger partial charge is 0.385 e. The summed E-state index contributed by atoms with van der Waals surface area (Å²) in [6.45, 7) is 4.34. The Kier molecular flexibility index (Phi) is 23.2. The van der Waals surface area contributed by atoms with E-state index in [9.17, 15) is 14.7 Å². The number of likely N-dealkylation sites (tertiary alicyclic amines) is 1. The lowest BCUT2D eigenvalue weighted by molar-refractivity contribution is -0.0563. The second kappa shape index (κ2) is 29.2. The molecular weight excluding hydrogens is 827 g/mol. The third kappa shape index (κ3) is 16.9. The molecule has 6 N–H and O–H groups in total. The summed E-state index contributed by atoms with van der Waals surface area (Å²) in [6.07, 6.45) is 13.1. The first-order valence-electron chi connectivity index (χ1n) is 24.5. The summed E-state index contributed by atoms with van der Waals surface area (Å²) in [5.41, 5.74) is 9.83. The molecule has 0 radical (unpaired) electrons. The van der Waals surface area contributed by atoms with Gasteiger partial charge in [0.25, 0.3) is 5.91 Å². The predicted molar refractivity (Wildman–Crippen MR) is 265 cm³/mol. The van der Waals surface area contributed by atoms with Gasteiger partial charge in [-0.05, 0) is 98.7 Å². The van der Waals surface area contributed by atoms with Crippen LogP contribution < -0.4 is 21.7 Å². The van der Waals surface area contributed by atoms with Crippen molar-refractivity contribution in [3.63, 3.8) is 0 Å². The molecule has 360 valence electrons. The number of carbonyl (C=O) groups excluding carboxylic acids is 2. The summed E-state index contributed by atoms with van der Waals surface area (Å²) < 4.78 is 16.6. The molecule has 2 fully saturated rings. The van der Waals surface area contributed by atoms with E-state index >= 15 is 0 Å². The zero-order valence-electron chi connectivity index (χ0n) is 40.0. The van der Waals surface area contributed by atoms with Crippen LogP contribution >= 0.6 is 0 Å². The van der Waals surface area contributed by atoms with E-state index in [0.717, 1.165) is 67.3 Å². The molecule has 1 aliphatic carbocycles. The molecule has 4 aromatic rings. The Morgan fingerprint density at radius 2 is 1.42 bits per heavy atom. The summed E-state index contributed by atoms with van der Waals surface area (Å²) >= 11 is 0. The number of nitrogens with zero attached hydrogens (tertiary/aromatic N) is 1. The van der Waals surface area contributed by atoms with Gasteiger partial charge in [-0.1, -0.05) is 135 Å². The Morgan fingerprint density at radius 1 is 0.758 bits per heavy atom. The summed E-state index contributed by atoms with van der Waals surface area (Å²) in [6, 6.07) is 37.9. The van der Waals surface area contributed by atoms with Crippen molar-refractivity contribution in [2.24, 2.45) is 17.6 Å². The Labute approximate surface area is 395 Å². The molecule has 11 nitrogen and oxygen atoms in total. The van der Waals surface area contributed by atoms with Crippen molar-refractivity contribution < 1.29 is 28.9 Å². The molecule has 66 heavy (non-hydrogen) atoms. The van der Waals surface area contributed by atoms with E-state index in [0.29, 0.717) is 63.8 Å². The molecule has 1 saturated carbocycles. The maximum absolute atomic E-state index is 13.2. The zero-order chi connectivity index (χ0) is 46.8. The van der Waals surface area contributed by atoms with Gasteiger partial charge in [0.2, 0.25) is 0 Å². The van der Waals surface area contributed by atoms with Crippen LogP contribution in [0.15, 0.2) is 115 Å². The average Bonchev–Trinajstić information content (AvgIpc) is 3.36. The second-order valence-electron chi connectivity index (χ2n) is 18.2. The fraction of sp³-hybridized carbons (Fsp3) is 0.527. The molecule has 4 aromatic carbocycles. The first-order chi connectivity index (χ1) is 32.3. The number of likely N-dealkylation sites (N-methyl/N-ethyl adjacent to an activating group) is 1. The van der Waals surface area contributed by atoms with Crippen LogP contribution in [0, 0.1) is 11.8 Å². The van der Waals surface area contributed by atoms with E-state index in [2.05, 4.69) is 40.2 Å². The smallest absolute Gasteiger partial charge is 0.317 e. The first kappa shape index (κ1) is 52.4. The minimum absolute atomic E-state index is 0.0147. The fourth-order valence-electron chi connectivity index (χ4n) is 9.65. The Balaban J connectivity index is 0.000000247. The van der Waals surface area contributed by atoms with Crippen LogP contribution in [0.4, 0.5) is 4.79 Å². The van der Waals surface area contributed by atoms with Crippen molar-refractivity contribution in [1.82, 2.24) is 20.9 Å². The SMILES string of the molecule is CNCC(CC1CCCCC1)NC(=O)c1cccc(C(OCCCOC)c2ccccc2)c1.COCCCCC(O)(c1ccccc1)C1CCCN(C(=O)NC(CN)Cc2ccccc2)C1. The first-order valence-corrected chi connectivity index (χ1v) is 24.5. The highest BCUT2D eigenvalue weighted by Gasteiger charge is 2.41. The van der Waals surface area contributed by atoms with Crippen LogP contribution in [0.3, 0.4) is 0 Å². The highest BCUT2D eigenvalue weighted by Crippen LogP contribution is 2.40. The molecule has 2 aliphatic rings. The van der Waals surface area contributed by atoms with Gasteiger partial charge in [-0.3, -0.25) is 4.79 Å². The molecule has 5 unspecified atom stereocenters. The maximum atomic E-state index is 13.2. The zero-order valence-corrected chi connectivity index (χ0v) is 40.0. The Morgan fingerprint density at radius 3 is 2.11 bits per heavy atom. The van der Waals surface area contributed by atoms with Gasteiger partial charge < -0.3 is 45.9 Å². The van der Waals surface area contributed by atoms with Gasteiger partial charge in [0.15, 0.2) is 0 Å². The summed E-state index contributed by atoms with van der Waals surface area (Å²) in [4.78, 5) is 28.2. The number of piperidine rings is 1. The molecule has 0 bridgehead atoms. The van der Waals surface area contributed by atoms with Crippen molar-refractivity contribution in [2.75, 3.05) is 67.3 Å². The highest BCUT2D eigenvalue weighted by molar-refractivity contribution is 5.94. The number of ether oxygens (including phenoxy) is 3. The van der Waals surface area contributed by atoms with E-state index in [-0.39, 0.29) is 36.0 Å². The van der Waals surface area contributed by atoms with E-state index in [1.165, 1.54) is 32.1 Å². The minimum atomic E-state index is -0.967. The predicted octanol–water partition coefficient (Wildman–Crippen LogP) is 8.80. The lowest BCUT2D eigenvalue weighted by atomic mass is 9.74. The fourth-order valence-corrected chi connectivity index (χ4v) is 9.65. The molecule has 5 atom stereocenters. The van der Waals surface area contributed by atoms with Gasteiger partial charge in [0.05, 0.1) is 12.2 Å². The molecule has 0 aromatic heterocycles.